The third-order valence-corrected chi connectivity index (χ3v) is 3.19. The molecule has 0 saturated carbocycles. The highest BCUT2D eigenvalue weighted by atomic mass is 35.5. The van der Waals surface area contributed by atoms with E-state index >= 15 is 0 Å². The lowest BCUT2D eigenvalue weighted by Gasteiger charge is -2.17. The van der Waals surface area contributed by atoms with Gasteiger partial charge in [-0.3, -0.25) is 4.68 Å². The minimum atomic E-state index is 0.136. The number of aryl methyl sites for hydroxylation is 1. The molecule has 92 valence electrons. The summed E-state index contributed by atoms with van der Waals surface area (Å²) in [5.74, 6) is 0.488. The highest BCUT2D eigenvalue weighted by molar-refractivity contribution is 6.33. The SMILES string of the molecule is CC(c1nn(C)c(-c2ncco2)c1Cl)N(C)C. The van der Waals surface area contributed by atoms with E-state index in [-0.39, 0.29) is 6.04 Å². The molecular weight excluding hydrogens is 240 g/mol. The Kier molecular flexibility index (Phi) is 3.22. The van der Waals surface area contributed by atoms with E-state index in [0.29, 0.717) is 16.6 Å². The van der Waals surface area contributed by atoms with Gasteiger partial charge in [0.15, 0.2) is 0 Å². The first-order valence-electron chi connectivity index (χ1n) is 5.31. The van der Waals surface area contributed by atoms with Gasteiger partial charge in [0.05, 0.1) is 23.0 Å². The molecule has 0 aromatic carbocycles. The fourth-order valence-corrected chi connectivity index (χ4v) is 2.00. The van der Waals surface area contributed by atoms with Crippen molar-refractivity contribution in [2.45, 2.75) is 13.0 Å². The number of hydrogen-bond acceptors (Lipinski definition) is 4. The smallest absolute Gasteiger partial charge is 0.246 e. The predicted molar refractivity (Wildman–Crippen MR) is 65.8 cm³/mol. The van der Waals surface area contributed by atoms with Gasteiger partial charge >= 0.3 is 0 Å². The van der Waals surface area contributed by atoms with Gasteiger partial charge in [-0.2, -0.15) is 5.10 Å². The molecule has 6 heteroatoms. The van der Waals surface area contributed by atoms with Crippen molar-refractivity contribution in [3.05, 3.63) is 23.2 Å². The summed E-state index contributed by atoms with van der Waals surface area (Å²) < 4.78 is 6.96. The summed E-state index contributed by atoms with van der Waals surface area (Å²) in [6.45, 7) is 2.05. The fraction of sp³-hybridized carbons (Fsp3) is 0.455. The number of oxazole rings is 1. The van der Waals surface area contributed by atoms with Crippen LogP contribution >= 0.6 is 11.6 Å². The molecule has 1 unspecified atom stereocenters. The highest BCUT2D eigenvalue weighted by Gasteiger charge is 2.23. The minimum Gasteiger partial charge on any atom is -0.443 e. The summed E-state index contributed by atoms with van der Waals surface area (Å²) in [6.07, 6.45) is 3.11. The first-order valence-corrected chi connectivity index (χ1v) is 5.68. The molecular formula is C11H15ClN4O. The summed E-state index contributed by atoms with van der Waals surface area (Å²) in [5, 5.41) is 5.02. The van der Waals surface area contributed by atoms with Crippen molar-refractivity contribution in [1.29, 1.82) is 0 Å². The molecule has 0 radical (unpaired) electrons. The second-order valence-electron chi connectivity index (χ2n) is 4.15. The van der Waals surface area contributed by atoms with Crippen molar-refractivity contribution < 1.29 is 4.42 Å². The van der Waals surface area contributed by atoms with Gasteiger partial charge in [-0.05, 0) is 21.0 Å². The summed E-state index contributed by atoms with van der Waals surface area (Å²) in [6, 6.07) is 0.136. The molecule has 5 nitrogen and oxygen atoms in total. The molecule has 0 aliphatic carbocycles. The van der Waals surface area contributed by atoms with Gasteiger partial charge in [-0.1, -0.05) is 11.6 Å². The molecule has 1 atom stereocenters. The Balaban J connectivity index is 2.50. The van der Waals surface area contributed by atoms with Crippen LogP contribution in [-0.4, -0.2) is 33.8 Å². The summed E-state index contributed by atoms with van der Waals surface area (Å²) >= 11 is 6.35. The van der Waals surface area contributed by atoms with Crippen molar-refractivity contribution in [2.75, 3.05) is 14.1 Å². The highest BCUT2D eigenvalue weighted by Crippen LogP contribution is 2.33. The Hall–Kier alpha value is -1.33. The lowest BCUT2D eigenvalue weighted by molar-refractivity contribution is 0.313. The van der Waals surface area contributed by atoms with Crippen LogP contribution in [0.25, 0.3) is 11.6 Å². The maximum atomic E-state index is 6.35. The number of nitrogens with zero attached hydrogens (tertiary/aromatic N) is 4. The van der Waals surface area contributed by atoms with E-state index in [1.54, 1.807) is 10.9 Å². The van der Waals surface area contributed by atoms with Crippen LogP contribution in [0.2, 0.25) is 5.02 Å². The Labute approximate surface area is 105 Å². The van der Waals surface area contributed by atoms with Crippen molar-refractivity contribution in [2.24, 2.45) is 7.05 Å². The van der Waals surface area contributed by atoms with Crippen LogP contribution in [0.1, 0.15) is 18.7 Å². The topological polar surface area (TPSA) is 47.1 Å². The van der Waals surface area contributed by atoms with Crippen molar-refractivity contribution in [3.8, 4) is 11.6 Å². The first kappa shape index (κ1) is 12.1. The summed E-state index contributed by atoms with van der Waals surface area (Å²) in [5.41, 5.74) is 1.53. The monoisotopic (exact) mass is 254 g/mol. The predicted octanol–water partition coefficient (Wildman–Crippen LogP) is 2.35. The largest absolute Gasteiger partial charge is 0.443 e. The third kappa shape index (κ3) is 2.08. The fourth-order valence-electron chi connectivity index (χ4n) is 1.60. The van der Waals surface area contributed by atoms with Gasteiger partial charge in [0, 0.05) is 7.05 Å². The van der Waals surface area contributed by atoms with E-state index in [2.05, 4.69) is 10.1 Å². The third-order valence-electron chi connectivity index (χ3n) is 2.82. The summed E-state index contributed by atoms with van der Waals surface area (Å²) in [4.78, 5) is 6.15. The molecule has 2 rings (SSSR count). The Morgan fingerprint density at radius 2 is 2.18 bits per heavy atom. The molecule has 0 amide bonds. The number of halogens is 1. The Morgan fingerprint density at radius 3 is 2.71 bits per heavy atom. The molecule has 0 N–H and O–H groups in total. The van der Waals surface area contributed by atoms with Crippen molar-refractivity contribution in [1.82, 2.24) is 19.7 Å². The lowest BCUT2D eigenvalue weighted by Crippen LogP contribution is -2.17. The molecule has 0 fully saturated rings. The van der Waals surface area contributed by atoms with Gasteiger partial charge in [0.25, 0.3) is 0 Å². The molecule has 0 aliphatic rings. The van der Waals surface area contributed by atoms with Crippen LogP contribution in [0.3, 0.4) is 0 Å². The second kappa shape index (κ2) is 4.50. The quantitative estimate of drug-likeness (QED) is 0.844. The van der Waals surface area contributed by atoms with E-state index in [9.17, 15) is 0 Å². The molecule has 0 spiro atoms. The maximum absolute atomic E-state index is 6.35. The van der Waals surface area contributed by atoms with Crippen LogP contribution in [0.4, 0.5) is 0 Å². The van der Waals surface area contributed by atoms with E-state index in [0.717, 1.165) is 5.69 Å². The van der Waals surface area contributed by atoms with Crippen LogP contribution in [0, 0.1) is 0 Å². The molecule has 0 aliphatic heterocycles. The van der Waals surface area contributed by atoms with Crippen LogP contribution in [0.15, 0.2) is 16.9 Å². The van der Waals surface area contributed by atoms with E-state index in [4.69, 9.17) is 16.0 Å². The van der Waals surface area contributed by atoms with Crippen LogP contribution in [0.5, 0.6) is 0 Å². The van der Waals surface area contributed by atoms with Gasteiger partial charge in [-0.25, -0.2) is 4.98 Å². The number of rotatable bonds is 3. The molecule has 17 heavy (non-hydrogen) atoms. The standard InChI is InChI=1S/C11H15ClN4O/c1-7(15(2)3)9-8(12)10(16(4)14-9)11-13-5-6-17-11/h5-7H,1-4H3. The molecule has 0 bridgehead atoms. The second-order valence-corrected chi connectivity index (χ2v) is 4.53. The Morgan fingerprint density at radius 1 is 1.47 bits per heavy atom. The van der Waals surface area contributed by atoms with E-state index in [1.165, 1.54) is 6.26 Å². The molecule has 2 aromatic heterocycles. The normalized spacial score (nSPS) is 13.3. The van der Waals surface area contributed by atoms with Gasteiger partial charge in [-0.15, -0.1) is 0 Å². The van der Waals surface area contributed by atoms with Crippen molar-refractivity contribution >= 4 is 11.6 Å². The maximum Gasteiger partial charge on any atom is 0.246 e. The Bertz CT molecular complexity index is 504. The zero-order chi connectivity index (χ0) is 12.6. The zero-order valence-electron chi connectivity index (χ0n) is 10.3. The molecule has 0 saturated heterocycles. The number of hydrogen-bond donors (Lipinski definition) is 0. The van der Waals surface area contributed by atoms with E-state index in [1.807, 2.05) is 33.0 Å². The first-order chi connectivity index (χ1) is 8.02. The van der Waals surface area contributed by atoms with Crippen LogP contribution < -0.4 is 0 Å². The number of aromatic nitrogens is 3. The van der Waals surface area contributed by atoms with Crippen LogP contribution in [-0.2, 0) is 7.05 Å². The van der Waals surface area contributed by atoms with Gasteiger partial charge in [0.1, 0.15) is 12.0 Å². The summed E-state index contributed by atoms with van der Waals surface area (Å²) in [7, 11) is 5.80. The molecule has 2 aromatic rings. The van der Waals surface area contributed by atoms with E-state index < -0.39 is 0 Å². The average Bonchev–Trinajstić information content (AvgIpc) is 2.85. The van der Waals surface area contributed by atoms with Crippen molar-refractivity contribution in [3.63, 3.8) is 0 Å². The molecule has 2 heterocycles. The average molecular weight is 255 g/mol. The zero-order valence-corrected chi connectivity index (χ0v) is 11.1. The van der Waals surface area contributed by atoms with Gasteiger partial charge < -0.3 is 9.32 Å². The minimum absolute atomic E-state index is 0.136. The van der Waals surface area contributed by atoms with Gasteiger partial charge in [0.2, 0.25) is 5.89 Å². The lowest BCUT2D eigenvalue weighted by atomic mass is 10.2.